The average Bonchev–Trinajstić information content (AvgIpc) is 3.60. The number of furan rings is 1. The Bertz CT molecular complexity index is 1280. The van der Waals surface area contributed by atoms with Gasteiger partial charge in [0.15, 0.2) is 0 Å². The molecule has 2 fully saturated rings. The van der Waals surface area contributed by atoms with Crippen LogP contribution in [0, 0.1) is 0 Å². The molecule has 0 radical (unpaired) electrons. The van der Waals surface area contributed by atoms with Gasteiger partial charge in [-0.2, -0.15) is 0 Å². The van der Waals surface area contributed by atoms with Crippen LogP contribution in [0.5, 0.6) is 0 Å². The number of thioether (sulfide) groups is 1. The van der Waals surface area contributed by atoms with Gasteiger partial charge in [0.1, 0.15) is 16.6 Å². The summed E-state index contributed by atoms with van der Waals surface area (Å²) in [5.41, 5.74) is 1.75. The van der Waals surface area contributed by atoms with E-state index in [1.54, 1.807) is 17.2 Å². The maximum atomic E-state index is 13.1. The van der Waals surface area contributed by atoms with Crippen molar-refractivity contribution in [3.05, 3.63) is 63.5 Å². The Morgan fingerprint density at radius 2 is 2.24 bits per heavy atom. The second-order valence-corrected chi connectivity index (χ2v) is 10.7. The number of rotatable bonds is 7. The molecular formula is C24H22BrN3O4S2. The molecule has 0 unspecified atom stereocenters. The Hall–Kier alpha value is -2.40. The van der Waals surface area contributed by atoms with Crippen molar-refractivity contribution >= 4 is 73.0 Å². The Labute approximate surface area is 214 Å². The summed E-state index contributed by atoms with van der Waals surface area (Å²) in [6.07, 6.45) is 7.34. The fraction of sp³-hybridized carbons (Fsp3) is 0.292. The molecule has 1 N–H and O–H groups in total. The summed E-state index contributed by atoms with van der Waals surface area (Å²) in [6, 6.07) is 9.49. The van der Waals surface area contributed by atoms with Crippen LogP contribution in [-0.4, -0.2) is 44.9 Å². The quantitative estimate of drug-likeness (QED) is 0.334. The summed E-state index contributed by atoms with van der Waals surface area (Å²) in [7, 11) is 0. The molecule has 0 spiro atoms. The molecule has 1 aromatic carbocycles. The van der Waals surface area contributed by atoms with Crippen LogP contribution in [0.15, 0.2) is 56.6 Å². The monoisotopic (exact) mass is 559 g/mol. The van der Waals surface area contributed by atoms with Gasteiger partial charge in [-0.1, -0.05) is 39.9 Å². The third-order valence-corrected chi connectivity index (χ3v) is 7.67. The lowest BCUT2D eigenvalue weighted by Crippen LogP contribution is -2.35. The molecule has 7 nitrogen and oxygen atoms in total. The van der Waals surface area contributed by atoms with E-state index < -0.39 is 0 Å². The van der Waals surface area contributed by atoms with Crippen molar-refractivity contribution in [1.82, 2.24) is 14.8 Å². The molecule has 2 saturated heterocycles. The number of fused-ring (bicyclic) bond motifs is 1. The van der Waals surface area contributed by atoms with Crippen molar-refractivity contribution in [2.45, 2.75) is 32.0 Å². The summed E-state index contributed by atoms with van der Waals surface area (Å²) in [5.74, 6) is 0.462. The summed E-state index contributed by atoms with van der Waals surface area (Å²) in [5, 5.41) is 3.82. The van der Waals surface area contributed by atoms with E-state index in [2.05, 4.69) is 21.2 Å². The van der Waals surface area contributed by atoms with Gasteiger partial charge in [-0.25, -0.2) is 0 Å². The van der Waals surface area contributed by atoms with Crippen LogP contribution < -0.4 is 5.32 Å². The highest BCUT2D eigenvalue weighted by Gasteiger charge is 2.34. The van der Waals surface area contributed by atoms with Gasteiger partial charge in [-0.15, -0.1) is 0 Å². The second kappa shape index (κ2) is 10.1. The molecule has 176 valence electrons. The molecule has 2 aromatic heterocycles. The number of hydrogen-bond donors (Lipinski definition) is 1. The number of nitrogens with one attached hydrogen (secondary N) is 1. The smallest absolute Gasteiger partial charge is 0.266 e. The first-order valence-corrected chi connectivity index (χ1v) is 12.9. The van der Waals surface area contributed by atoms with E-state index in [0.717, 1.165) is 40.4 Å². The number of aromatic nitrogens is 1. The first kappa shape index (κ1) is 23.3. The SMILES string of the molecule is O=C(Cn1cc(/C=C2\SC(=S)N(C[C@@H]3CCCO3)C2=O)c2cc(Br)ccc21)NCc1ccco1. The zero-order valence-corrected chi connectivity index (χ0v) is 21.4. The predicted octanol–water partition coefficient (Wildman–Crippen LogP) is 4.69. The molecule has 34 heavy (non-hydrogen) atoms. The van der Waals surface area contributed by atoms with Gasteiger partial charge in [-0.3, -0.25) is 14.5 Å². The first-order valence-electron chi connectivity index (χ1n) is 10.9. The molecule has 0 bridgehead atoms. The molecule has 10 heteroatoms. The minimum atomic E-state index is -0.134. The van der Waals surface area contributed by atoms with E-state index in [-0.39, 0.29) is 24.5 Å². The zero-order chi connectivity index (χ0) is 23.7. The molecule has 3 aromatic rings. The van der Waals surface area contributed by atoms with Crippen LogP contribution >= 0.6 is 39.9 Å². The van der Waals surface area contributed by atoms with Crippen LogP contribution in [-0.2, 0) is 27.4 Å². The largest absolute Gasteiger partial charge is 0.467 e. The van der Waals surface area contributed by atoms with E-state index in [4.69, 9.17) is 21.4 Å². The van der Waals surface area contributed by atoms with E-state index in [1.165, 1.54) is 11.8 Å². The Morgan fingerprint density at radius 3 is 3.00 bits per heavy atom. The van der Waals surface area contributed by atoms with Crippen molar-refractivity contribution < 1.29 is 18.7 Å². The third kappa shape index (κ3) is 5.00. The first-order chi connectivity index (χ1) is 16.5. The van der Waals surface area contributed by atoms with E-state index in [9.17, 15) is 9.59 Å². The van der Waals surface area contributed by atoms with Gasteiger partial charge in [0.25, 0.3) is 5.91 Å². The number of nitrogens with zero attached hydrogens (tertiary/aromatic N) is 2. The highest BCUT2D eigenvalue weighted by atomic mass is 79.9. The Morgan fingerprint density at radius 1 is 1.35 bits per heavy atom. The van der Waals surface area contributed by atoms with Gasteiger partial charge >= 0.3 is 0 Å². The number of thiocarbonyl (C=S) groups is 1. The summed E-state index contributed by atoms with van der Waals surface area (Å²) < 4.78 is 14.3. The number of carbonyl (C=O) groups is 2. The minimum absolute atomic E-state index is 0.0411. The fourth-order valence-corrected chi connectivity index (χ4v) is 5.77. The summed E-state index contributed by atoms with van der Waals surface area (Å²) in [4.78, 5) is 27.9. The van der Waals surface area contributed by atoms with Gasteiger partial charge in [0.05, 0.1) is 30.4 Å². The lowest BCUT2D eigenvalue weighted by Gasteiger charge is -2.18. The molecule has 2 aliphatic rings. The zero-order valence-electron chi connectivity index (χ0n) is 18.2. The molecule has 0 aliphatic carbocycles. The highest BCUT2D eigenvalue weighted by molar-refractivity contribution is 9.10. The Kier molecular flexibility index (Phi) is 6.91. The molecule has 2 amide bonds. The lowest BCUT2D eigenvalue weighted by molar-refractivity contribution is -0.123. The maximum Gasteiger partial charge on any atom is 0.266 e. The number of benzene rings is 1. The molecule has 0 saturated carbocycles. The number of carbonyl (C=O) groups excluding carboxylic acids is 2. The second-order valence-electron chi connectivity index (χ2n) is 8.16. The van der Waals surface area contributed by atoms with Gasteiger partial charge in [-0.05, 0) is 49.2 Å². The minimum Gasteiger partial charge on any atom is -0.467 e. The number of halogens is 1. The van der Waals surface area contributed by atoms with Crippen molar-refractivity contribution in [1.29, 1.82) is 0 Å². The Balaban J connectivity index is 1.38. The van der Waals surface area contributed by atoms with Crippen LogP contribution in [0.2, 0.25) is 0 Å². The molecule has 1 atom stereocenters. The van der Waals surface area contributed by atoms with Crippen molar-refractivity contribution in [2.24, 2.45) is 0 Å². The number of amides is 2. The maximum absolute atomic E-state index is 13.1. The average molecular weight is 560 g/mol. The highest BCUT2D eigenvalue weighted by Crippen LogP contribution is 2.35. The number of ether oxygens (including phenoxy) is 1. The van der Waals surface area contributed by atoms with E-state index >= 15 is 0 Å². The summed E-state index contributed by atoms with van der Waals surface area (Å²) >= 11 is 10.3. The van der Waals surface area contributed by atoms with E-state index in [1.807, 2.05) is 41.1 Å². The van der Waals surface area contributed by atoms with Crippen LogP contribution in [0.25, 0.3) is 17.0 Å². The van der Waals surface area contributed by atoms with Gasteiger partial charge < -0.3 is 19.0 Å². The van der Waals surface area contributed by atoms with Crippen molar-refractivity contribution in [3.63, 3.8) is 0 Å². The topological polar surface area (TPSA) is 76.7 Å². The van der Waals surface area contributed by atoms with Crippen LogP contribution in [0.4, 0.5) is 0 Å². The van der Waals surface area contributed by atoms with Crippen LogP contribution in [0.3, 0.4) is 0 Å². The normalized spacial score (nSPS) is 19.6. The standard InChI is InChI=1S/C24H22BrN3O4S2/c25-16-5-6-20-19(10-16)15(12-27(20)14-22(29)26-11-17-3-1-7-31-17)9-21-23(30)28(24(33)34-21)13-18-4-2-8-32-18/h1,3,5-7,9-10,12,18H,2,4,8,11,13-14H2,(H,26,29)/b21-9-/t18-/m0/s1. The molecule has 4 heterocycles. The van der Waals surface area contributed by atoms with Gasteiger partial charge in [0, 0.05) is 33.7 Å². The van der Waals surface area contributed by atoms with Crippen molar-refractivity contribution in [2.75, 3.05) is 13.2 Å². The predicted molar refractivity (Wildman–Crippen MR) is 139 cm³/mol. The van der Waals surface area contributed by atoms with Crippen LogP contribution in [0.1, 0.15) is 24.2 Å². The summed E-state index contributed by atoms with van der Waals surface area (Å²) in [6.45, 7) is 1.70. The molecule has 2 aliphatic heterocycles. The molecule has 5 rings (SSSR count). The van der Waals surface area contributed by atoms with Crippen molar-refractivity contribution in [3.8, 4) is 0 Å². The lowest BCUT2D eigenvalue weighted by atomic mass is 10.1. The van der Waals surface area contributed by atoms with E-state index in [0.29, 0.717) is 28.1 Å². The number of hydrogen-bond acceptors (Lipinski definition) is 6. The molecular weight excluding hydrogens is 538 g/mol. The third-order valence-electron chi connectivity index (χ3n) is 5.80. The van der Waals surface area contributed by atoms with Gasteiger partial charge in [0.2, 0.25) is 5.91 Å². The fourth-order valence-electron chi connectivity index (χ4n) is 4.14.